The number of carbonyl (C=O) groups is 4. The van der Waals surface area contributed by atoms with E-state index < -0.39 is 29.2 Å². The van der Waals surface area contributed by atoms with Gasteiger partial charge in [0.05, 0.1) is 17.4 Å². The first-order chi connectivity index (χ1) is 17.3. The molecule has 0 bridgehead atoms. The van der Waals surface area contributed by atoms with Gasteiger partial charge in [-0.3, -0.25) is 19.3 Å². The summed E-state index contributed by atoms with van der Waals surface area (Å²) in [7, 11) is 0. The number of hydrogen-bond acceptors (Lipinski definition) is 12. The second-order valence-corrected chi connectivity index (χ2v) is 9.32. The largest absolute Gasteiger partial charge is 0.543 e. The Morgan fingerprint density at radius 2 is 2.17 bits per heavy atom. The van der Waals surface area contributed by atoms with Crippen molar-refractivity contribution in [1.29, 1.82) is 0 Å². The van der Waals surface area contributed by atoms with Crippen molar-refractivity contribution in [2.45, 2.75) is 24.9 Å². The number of fused-ring (bicyclic) bond motifs is 1. The highest BCUT2D eigenvalue weighted by molar-refractivity contribution is 8.00. The van der Waals surface area contributed by atoms with Gasteiger partial charge in [0.2, 0.25) is 17.9 Å². The van der Waals surface area contributed by atoms with E-state index >= 15 is 0 Å². The number of thioether (sulfide) groups is 1. The van der Waals surface area contributed by atoms with E-state index in [0.29, 0.717) is 17.7 Å². The van der Waals surface area contributed by atoms with Crippen LogP contribution in [0.3, 0.4) is 0 Å². The number of carbonyl (C=O) groups excluding carboxylic acids is 4. The van der Waals surface area contributed by atoms with Gasteiger partial charge < -0.3 is 31.1 Å². The molecule has 0 saturated carbocycles. The summed E-state index contributed by atoms with van der Waals surface area (Å²) >= 11 is 2.18. The fourth-order valence-electron chi connectivity index (χ4n) is 3.59. The number of pyridine rings is 1. The molecule has 16 heteroatoms. The van der Waals surface area contributed by atoms with Gasteiger partial charge >= 0.3 is 0 Å². The molecule has 2 aliphatic heterocycles. The zero-order valence-electron chi connectivity index (χ0n) is 18.7. The van der Waals surface area contributed by atoms with Crippen LogP contribution in [0.4, 0.5) is 10.8 Å². The third-order valence-electron chi connectivity index (χ3n) is 5.17. The Kier molecular flexibility index (Phi) is 7.44. The average molecular weight is 533 g/mol. The highest BCUT2D eigenvalue weighted by Gasteiger charge is 2.53. The minimum absolute atomic E-state index is 0.0487. The highest BCUT2D eigenvalue weighted by atomic mass is 32.2. The standard InChI is InChI=1S/C20H20N8O6S2/c1-2-34-25-12(15-24-20(21)36-26-15)16(30)23-13-17(31)28-14(19(32)33)10(8-35-18(13)28)7-27-5-3-11(4-6-27)22-9-29/h3-6,9,13,18H,2,7-8H2,1H3,(H4,21,23,24,26,30,32,33)/t13?,18-/m0/s1. The normalized spacial score (nSPS) is 19.3. The van der Waals surface area contributed by atoms with Gasteiger partial charge in [-0.1, -0.05) is 5.16 Å². The van der Waals surface area contributed by atoms with Gasteiger partial charge in [-0.15, -0.1) is 11.8 Å². The summed E-state index contributed by atoms with van der Waals surface area (Å²) < 4.78 is 5.67. The topological polar surface area (TPSA) is 196 Å². The number of aliphatic carboxylic acids is 1. The summed E-state index contributed by atoms with van der Waals surface area (Å²) in [5.74, 6) is -2.62. The molecule has 4 rings (SSSR count). The first-order valence-corrected chi connectivity index (χ1v) is 12.3. The summed E-state index contributed by atoms with van der Waals surface area (Å²) in [5.41, 5.74) is 6.16. The molecule has 2 aliphatic rings. The van der Waals surface area contributed by atoms with Crippen LogP contribution in [0.15, 0.2) is 41.0 Å². The zero-order valence-corrected chi connectivity index (χ0v) is 20.4. The molecule has 14 nitrogen and oxygen atoms in total. The van der Waals surface area contributed by atoms with Crippen molar-refractivity contribution in [3.63, 3.8) is 0 Å². The Bertz CT molecular complexity index is 1260. The van der Waals surface area contributed by atoms with Crippen molar-refractivity contribution in [2.75, 3.05) is 23.4 Å². The number of carboxylic acids is 1. The number of nitrogens with one attached hydrogen (secondary N) is 2. The van der Waals surface area contributed by atoms with E-state index in [9.17, 15) is 24.3 Å². The first-order valence-electron chi connectivity index (χ1n) is 10.5. The van der Waals surface area contributed by atoms with Crippen LogP contribution in [-0.4, -0.2) is 67.9 Å². The van der Waals surface area contributed by atoms with Crippen LogP contribution in [0.2, 0.25) is 0 Å². The number of amides is 3. The molecule has 1 saturated heterocycles. The first kappa shape index (κ1) is 25.1. The van der Waals surface area contributed by atoms with Gasteiger partial charge in [0, 0.05) is 35.0 Å². The number of rotatable bonds is 10. The number of β-lactam (4-membered cyclic amide) rings is 1. The molecular formula is C20H20N8O6S2. The summed E-state index contributed by atoms with van der Waals surface area (Å²) in [6.45, 7) is 2.04. The van der Waals surface area contributed by atoms with Crippen molar-refractivity contribution in [2.24, 2.45) is 5.16 Å². The van der Waals surface area contributed by atoms with E-state index in [0.717, 1.165) is 16.4 Å². The summed E-state index contributed by atoms with van der Waals surface area (Å²) in [5, 5.41) is 20.3. The second-order valence-electron chi connectivity index (χ2n) is 7.44. The van der Waals surface area contributed by atoms with Crippen LogP contribution in [0.5, 0.6) is 0 Å². The minimum Gasteiger partial charge on any atom is -0.543 e. The van der Waals surface area contributed by atoms with Gasteiger partial charge in [-0.05, 0) is 6.92 Å². The molecule has 0 radical (unpaired) electrons. The van der Waals surface area contributed by atoms with E-state index in [1.54, 1.807) is 36.0 Å². The van der Waals surface area contributed by atoms with Gasteiger partial charge in [-0.25, -0.2) is 4.57 Å². The molecule has 3 amide bonds. The Balaban J connectivity index is 1.51. The Labute approximate surface area is 212 Å². The van der Waals surface area contributed by atoms with Crippen molar-refractivity contribution in [3.05, 3.63) is 41.6 Å². The smallest absolute Gasteiger partial charge is 0.278 e. The molecule has 2 atom stereocenters. The lowest BCUT2D eigenvalue weighted by molar-refractivity contribution is -0.689. The van der Waals surface area contributed by atoms with Gasteiger partial charge in [0.15, 0.2) is 24.1 Å². The van der Waals surface area contributed by atoms with Crippen LogP contribution in [0.1, 0.15) is 12.7 Å². The third kappa shape index (κ3) is 4.99. The molecule has 0 aliphatic carbocycles. The van der Waals surface area contributed by atoms with Gasteiger partial charge in [-0.2, -0.15) is 9.36 Å². The van der Waals surface area contributed by atoms with Crippen LogP contribution >= 0.6 is 23.3 Å². The number of aromatic nitrogens is 3. The maximum atomic E-state index is 12.9. The lowest BCUT2D eigenvalue weighted by Gasteiger charge is -2.50. The molecule has 4 heterocycles. The number of nitrogen functional groups attached to an aromatic ring is 1. The van der Waals surface area contributed by atoms with Crippen molar-refractivity contribution >= 4 is 64.0 Å². The number of nitrogens with two attached hydrogens (primary N) is 1. The molecule has 1 unspecified atom stereocenters. The average Bonchev–Trinajstić information content (AvgIpc) is 3.29. The van der Waals surface area contributed by atoms with Crippen molar-refractivity contribution < 1.29 is 33.7 Å². The van der Waals surface area contributed by atoms with E-state index in [1.165, 1.54) is 11.8 Å². The maximum Gasteiger partial charge on any atom is 0.278 e. The van der Waals surface area contributed by atoms with Crippen LogP contribution in [0, 0.1) is 0 Å². The summed E-state index contributed by atoms with van der Waals surface area (Å²) in [4.78, 5) is 58.4. The zero-order chi connectivity index (χ0) is 25.8. The number of anilines is 2. The van der Waals surface area contributed by atoms with E-state index in [-0.39, 0.29) is 41.3 Å². The molecule has 4 N–H and O–H groups in total. The number of carboxylic acid groups (broad SMARTS) is 1. The Morgan fingerprint density at radius 3 is 2.78 bits per heavy atom. The van der Waals surface area contributed by atoms with Crippen molar-refractivity contribution in [3.8, 4) is 0 Å². The minimum atomic E-state index is -1.49. The Hall–Kier alpha value is -4.05. The molecule has 1 fully saturated rings. The lowest BCUT2D eigenvalue weighted by atomic mass is 10.0. The van der Waals surface area contributed by atoms with Gasteiger partial charge in [0.25, 0.3) is 11.8 Å². The highest BCUT2D eigenvalue weighted by Crippen LogP contribution is 2.40. The summed E-state index contributed by atoms with van der Waals surface area (Å²) in [6.07, 6.45) is 3.89. The molecule has 2 aromatic rings. The van der Waals surface area contributed by atoms with Crippen LogP contribution < -0.4 is 26.0 Å². The molecule has 2 aromatic heterocycles. The monoisotopic (exact) mass is 532 g/mol. The molecular weight excluding hydrogens is 512 g/mol. The molecule has 0 aromatic carbocycles. The van der Waals surface area contributed by atoms with Crippen LogP contribution in [0.25, 0.3) is 0 Å². The third-order valence-corrected chi connectivity index (χ3v) is 7.05. The predicted molar refractivity (Wildman–Crippen MR) is 126 cm³/mol. The fraction of sp³-hybridized carbons (Fsp3) is 0.300. The molecule has 0 spiro atoms. The predicted octanol–water partition coefficient (Wildman–Crippen LogP) is -2.18. The number of hydrogen-bond donors (Lipinski definition) is 3. The maximum absolute atomic E-state index is 12.9. The van der Waals surface area contributed by atoms with Crippen molar-refractivity contribution in [1.82, 2.24) is 19.6 Å². The quantitative estimate of drug-likeness (QED) is 0.0995. The SMILES string of the molecule is CCON=C(C(=O)NC1C(=O)N2C(C(=O)[O-])=C(C[n+]3ccc(NC=O)cc3)CS[C@@H]12)c1nsc(N)n1. The fourth-order valence-corrected chi connectivity index (χ4v) is 5.36. The lowest BCUT2D eigenvalue weighted by Crippen LogP contribution is -2.71. The second kappa shape index (κ2) is 10.7. The van der Waals surface area contributed by atoms with E-state index in [1.807, 2.05) is 0 Å². The Morgan fingerprint density at radius 1 is 1.42 bits per heavy atom. The number of oxime groups is 1. The number of nitrogens with zero attached hydrogens (tertiary/aromatic N) is 5. The summed E-state index contributed by atoms with van der Waals surface area (Å²) in [6, 6.07) is 2.31. The van der Waals surface area contributed by atoms with E-state index in [4.69, 9.17) is 10.6 Å². The van der Waals surface area contributed by atoms with E-state index in [2.05, 4.69) is 25.1 Å². The van der Waals surface area contributed by atoms with Gasteiger partial charge in [0.1, 0.15) is 18.0 Å². The molecule has 36 heavy (non-hydrogen) atoms. The molecule has 188 valence electrons. The van der Waals surface area contributed by atoms with Crippen LogP contribution in [-0.2, 0) is 30.6 Å².